The molecule has 1 aromatic rings. The van der Waals surface area contributed by atoms with Gasteiger partial charge in [-0.3, -0.25) is 4.79 Å². The summed E-state index contributed by atoms with van der Waals surface area (Å²) in [5.74, 6) is 2.22. The van der Waals surface area contributed by atoms with Crippen LogP contribution in [0.4, 0.5) is 0 Å². The van der Waals surface area contributed by atoms with Crippen LogP contribution in [0.15, 0.2) is 24.3 Å². The first-order valence-corrected chi connectivity index (χ1v) is 10.5. The van der Waals surface area contributed by atoms with E-state index >= 15 is 0 Å². The van der Waals surface area contributed by atoms with E-state index in [9.17, 15) is 13.2 Å². The summed E-state index contributed by atoms with van der Waals surface area (Å²) in [5.41, 5.74) is 1.31. The largest absolute Gasteiger partial charge is 0.349 e. The third-order valence-corrected chi connectivity index (χ3v) is 6.30. The molecule has 126 valence electrons. The lowest BCUT2D eigenvalue weighted by Crippen LogP contribution is -2.40. The Morgan fingerprint density at radius 3 is 2.43 bits per heavy atom. The van der Waals surface area contributed by atoms with E-state index in [1.54, 1.807) is 24.3 Å². The molecule has 3 rings (SSSR count). The molecule has 2 saturated carbocycles. The van der Waals surface area contributed by atoms with Crippen LogP contribution in [0.2, 0.25) is 0 Å². The highest BCUT2D eigenvalue weighted by atomic mass is 32.2. The molecule has 23 heavy (non-hydrogen) atoms. The van der Waals surface area contributed by atoms with E-state index in [0.29, 0.717) is 17.0 Å². The Morgan fingerprint density at radius 2 is 1.91 bits per heavy atom. The van der Waals surface area contributed by atoms with Gasteiger partial charge in [0.15, 0.2) is 9.84 Å². The Labute approximate surface area is 138 Å². The van der Waals surface area contributed by atoms with Crippen molar-refractivity contribution in [3.05, 3.63) is 35.4 Å². The number of benzene rings is 1. The fourth-order valence-corrected chi connectivity index (χ4v) is 5.16. The van der Waals surface area contributed by atoms with Gasteiger partial charge in [0.25, 0.3) is 5.91 Å². The molecule has 0 unspecified atom stereocenters. The van der Waals surface area contributed by atoms with E-state index in [1.807, 2.05) is 0 Å². The number of hydrogen-bond acceptors (Lipinski definition) is 3. The molecule has 2 aliphatic rings. The number of sulfone groups is 1. The van der Waals surface area contributed by atoms with Gasteiger partial charge in [-0.15, -0.1) is 0 Å². The molecule has 0 spiro atoms. The predicted molar refractivity (Wildman–Crippen MR) is 90.9 cm³/mol. The van der Waals surface area contributed by atoms with E-state index in [-0.39, 0.29) is 17.7 Å². The molecule has 1 aromatic carbocycles. The Hall–Kier alpha value is -1.36. The van der Waals surface area contributed by atoms with E-state index < -0.39 is 9.84 Å². The van der Waals surface area contributed by atoms with Crippen molar-refractivity contribution in [3.8, 4) is 0 Å². The van der Waals surface area contributed by atoms with Crippen LogP contribution in [-0.2, 0) is 15.6 Å². The molecule has 2 fully saturated rings. The lowest BCUT2D eigenvalue weighted by molar-refractivity contribution is 0.0915. The van der Waals surface area contributed by atoms with Crippen LogP contribution in [0.25, 0.3) is 0 Å². The van der Waals surface area contributed by atoms with Crippen molar-refractivity contribution in [2.24, 2.45) is 17.8 Å². The van der Waals surface area contributed by atoms with Crippen LogP contribution in [0.5, 0.6) is 0 Å². The van der Waals surface area contributed by atoms with Gasteiger partial charge in [0.05, 0.1) is 5.75 Å². The van der Waals surface area contributed by atoms with E-state index in [4.69, 9.17) is 0 Å². The number of rotatable bonds is 5. The molecule has 1 amide bonds. The second kappa shape index (κ2) is 6.27. The molecular weight excluding hydrogens is 310 g/mol. The summed E-state index contributed by atoms with van der Waals surface area (Å²) >= 11 is 0. The molecule has 1 N–H and O–H groups in total. The summed E-state index contributed by atoms with van der Waals surface area (Å²) in [5, 5.41) is 3.13. The van der Waals surface area contributed by atoms with E-state index in [1.165, 1.54) is 31.9 Å². The lowest BCUT2D eigenvalue weighted by Gasteiger charge is -2.28. The second-order valence-electron chi connectivity index (χ2n) is 7.37. The highest BCUT2D eigenvalue weighted by molar-refractivity contribution is 7.89. The molecule has 4 atom stereocenters. The predicted octanol–water partition coefficient (Wildman–Crippen LogP) is 2.79. The van der Waals surface area contributed by atoms with Gasteiger partial charge in [-0.1, -0.05) is 18.6 Å². The van der Waals surface area contributed by atoms with Gasteiger partial charge in [-0.2, -0.15) is 0 Å². The van der Waals surface area contributed by atoms with Crippen LogP contribution >= 0.6 is 0 Å². The van der Waals surface area contributed by atoms with Gasteiger partial charge >= 0.3 is 0 Å². The first kappa shape index (κ1) is 16.5. The normalized spacial score (nSPS) is 27.8. The first-order valence-electron chi connectivity index (χ1n) is 8.39. The number of carbonyl (C=O) groups excluding carboxylic acids is 1. The minimum Gasteiger partial charge on any atom is -0.349 e. The van der Waals surface area contributed by atoms with Crippen molar-refractivity contribution >= 4 is 15.7 Å². The maximum absolute atomic E-state index is 12.4. The fraction of sp³-hybridized carbons (Fsp3) is 0.611. The summed E-state index contributed by atoms with van der Waals surface area (Å²) in [6.45, 7) is 2.11. The highest BCUT2D eigenvalue weighted by Gasteiger charge is 2.42. The van der Waals surface area contributed by atoms with Crippen molar-refractivity contribution in [2.75, 3.05) is 6.26 Å². The molecule has 0 aromatic heterocycles. The summed E-state index contributed by atoms with van der Waals surface area (Å²) in [6.07, 6.45) is 6.48. The van der Waals surface area contributed by atoms with Gasteiger partial charge < -0.3 is 5.32 Å². The van der Waals surface area contributed by atoms with Gasteiger partial charge in [-0.05, 0) is 61.6 Å². The molecule has 0 saturated heterocycles. The van der Waals surface area contributed by atoms with Crippen molar-refractivity contribution in [1.29, 1.82) is 0 Å². The summed E-state index contributed by atoms with van der Waals surface area (Å²) < 4.78 is 22.6. The van der Waals surface area contributed by atoms with Crippen LogP contribution in [-0.4, -0.2) is 26.6 Å². The van der Waals surface area contributed by atoms with E-state index in [2.05, 4.69) is 12.2 Å². The zero-order valence-electron chi connectivity index (χ0n) is 13.8. The Morgan fingerprint density at radius 1 is 1.22 bits per heavy atom. The smallest absolute Gasteiger partial charge is 0.251 e. The molecule has 4 nitrogen and oxygen atoms in total. The SMILES string of the molecule is C[C@H](NC(=O)c1ccc(CS(C)(=O)=O)cc1)[C@H]1C[C@H]2CC[C@H]1C2. The van der Waals surface area contributed by atoms with E-state index in [0.717, 1.165) is 11.8 Å². The van der Waals surface area contributed by atoms with Crippen LogP contribution in [0.3, 0.4) is 0 Å². The minimum absolute atomic E-state index is 0.0104. The standard InChI is InChI=1S/C18H25NO3S/c1-12(17-10-14-5-8-16(17)9-14)19-18(20)15-6-3-13(4-7-15)11-23(2,21)22/h3-4,6-7,12,14,16-17H,5,8-11H2,1-2H3,(H,19,20)/t12-,14-,16-,17+/m0/s1. The third-order valence-electron chi connectivity index (χ3n) is 5.44. The molecule has 0 heterocycles. The number of carbonyl (C=O) groups is 1. The maximum Gasteiger partial charge on any atom is 0.251 e. The second-order valence-corrected chi connectivity index (χ2v) is 9.51. The van der Waals surface area contributed by atoms with Gasteiger partial charge in [0.2, 0.25) is 0 Å². The summed E-state index contributed by atoms with van der Waals surface area (Å²) in [6, 6.07) is 7.07. The lowest BCUT2D eigenvalue weighted by atomic mass is 9.84. The van der Waals surface area contributed by atoms with Gasteiger partial charge in [0, 0.05) is 17.9 Å². The van der Waals surface area contributed by atoms with Crippen LogP contribution in [0.1, 0.15) is 48.5 Å². The highest BCUT2D eigenvalue weighted by Crippen LogP contribution is 2.49. The first-order chi connectivity index (χ1) is 10.8. The number of fused-ring (bicyclic) bond motifs is 2. The molecule has 0 radical (unpaired) electrons. The minimum atomic E-state index is -3.05. The van der Waals surface area contributed by atoms with Gasteiger partial charge in [-0.25, -0.2) is 8.42 Å². The fourth-order valence-electron chi connectivity index (χ4n) is 4.36. The van der Waals surface area contributed by atoms with Crippen molar-refractivity contribution in [1.82, 2.24) is 5.32 Å². The maximum atomic E-state index is 12.4. The van der Waals surface area contributed by atoms with Crippen LogP contribution in [0, 0.1) is 17.8 Å². The molecule has 2 aliphatic carbocycles. The number of hydrogen-bond donors (Lipinski definition) is 1. The zero-order chi connectivity index (χ0) is 16.6. The molecule has 0 aliphatic heterocycles. The molecule has 2 bridgehead atoms. The molecular formula is C18H25NO3S. The summed E-state index contributed by atoms with van der Waals surface area (Å²) in [4.78, 5) is 12.4. The Balaban J connectivity index is 1.59. The zero-order valence-corrected chi connectivity index (χ0v) is 14.6. The third kappa shape index (κ3) is 3.94. The number of nitrogens with one attached hydrogen (secondary N) is 1. The number of amides is 1. The topological polar surface area (TPSA) is 63.2 Å². The van der Waals surface area contributed by atoms with Crippen LogP contribution < -0.4 is 5.32 Å². The summed E-state index contributed by atoms with van der Waals surface area (Å²) in [7, 11) is -3.05. The Bertz CT molecular complexity index is 681. The molecule has 5 heteroatoms. The van der Waals surface area contributed by atoms with Crippen molar-refractivity contribution in [2.45, 2.75) is 44.4 Å². The van der Waals surface area contributed by atoms with Crippen molar-refractivity contribution < 1.29 is 13.2 Å². The average Bonchev–Trinajstić information content (AvgIpc) is 3.08. The average molecular weight is 335 g/mol. The monoisotopic (exact) mass is 335 g/mol. The Kier molecular flexibility index (Phi) is 4.50. The van der Waals surface area contributed by atoms with Gasteiger partial charge in [0.1, 0.15) is 0 Å². The van der Waals surface area contributed by atoms with Crippen molar-refractivity contribution in [3.63, 3.8) is 0 Å². The quantitative estimate of drug-likeness (QED) is 0.900.